The number of nitrogens with two attached hydrogens (primary N) is 1. The van der Waals surface area contributed by atoms with Gasteiger partial charge in [0, 0.05) is 12.6 Å². The van der Waals surface area contributed by atoms with Crippen molar-refractivity contribution in [3.8, 4) is 23.0 Å². The van der Waals surface area contributed by atoms with Crippen LogP contribution in [0.3, 0.4) is 0 Å². The van der Waals surface area contributed by atoms with Crippen molar-refractivity contribution < 1.29 is 18.9 Å². The van der Waals surface area contributed by atoms with Crippen LogP contribution in [0.15, 0.2) is 47.5 Å². The molecule has 0 aliphatic carbocycles. The summed E-state index contributed by atoms with van der Waals surface area (Å²) < 4.78 is 21.4. The summed E-state index contributed by atoms with van der Waals surface area (Å²) in [6, 6.07) is 13.2. The van der Waals surface area contributed by atoms with Crippen molar-refractivity contribution in [2.45, 2.75) is 13.0 Å². The summed E-state index contributed by atoms with van der Waals surface area (Å²) in [4.78, 5) is 4.33. The molecule has 0 atom stereocenters. The first-order valence-corrected chi connectivity index (χ1v) is 8.67. The number of hydrogen-bond donors (Lipinski definition) is 2. The van der Waals surface area contributed by atoms with Crippen LogP contribution in [0.4, 0.5) is 0 Å². The quantitative estimate of drug-likeness (QED) is 0.378. The van der Waals surface area contributed by atoms with Crippen molar-refractivity contribution in [3.05, 3.63) is 48.0 Å². The van der Waals surface area contributed by atoms with E-state index in [0.717, 1.165) is 23.5 Å². The lowest BCUT2D eigenvalue weighted by Gasteiger charge is -2.10. The van der Waals surface area contributed by atoms with Crippen molar-refractivity contribution >= 4 is 5.96 Å². The molecule has 27 heavy (non-hydrogen) atoms. The van der Waals surface area contributed by atoms with E-state index in [0.29, 0.717) is 37.2 Å². The van der Waals surface area contributed by atoms with E-state index in [9.17, 15) is 0 Å². The Balaban J connectivity index is 1.71. The summed E-state index contributed by atoms with van der Waals surface area (Å²) in [5, 5.41) is 3.08. The Morgan fingerprint density at radius 3 is 2.48 bits per heavy atom. The van der Waals surface area contributed by atoms with Gasteiger partial charge in [-0.1, -0.05) is 12.1 Å². The van der Waals surface area contributed by atoms with Gasteiger partial charge in [-0.25, -0.2) is 4.99 Å². The normalized spacial score (nSPS) is 11.0. The number of nitrogens with zero attached hydrogens (tertiary/aromatic N) is 1. The zero-order valence-corrected chi connectivity index (χ0v) is 16.0. The van der Waals surface area contributed by atoms with Gasteiger partial charge in [-0.05, 0) is 36.2 Å². The molecule has 0 aliphatic rings. The Hall–Kier alpha value is -3.09. The minimum absolute atomic E-state index is 0.395. The van der Waals surface area contributed by atoms with Gasteiger partial charge in [0.25, 0.3) is 0 Å². The monoisotopic (exact) mass is 373 g/mol. The number of guanidine groups is 1. The second-order valence-electron chi connectivity index (χ2n) is 5.70. The highest BCUT2D eigenvalue weighted by molar-refractivity contribution is 5.77. The van der Waals surface area contributed by atoms with Crippen molar-refractivity contribution in [2.75, 3.05) is 34.5 Å². The van der Waals surface area contributed by atoms with E-state index in [1.807, 2.05) is 42.5 Å². The molecule has 0 saturated carbocycles. The highest BCUT2D eigenvalue weighted by Crippen LogP contribution is 2.27. The van der Waals surface area contributed by atoms with Crippen LogP contribution in [0, 0.1) is 0 Å². The van der Waals surface area contributed by atoms with Gasteiger partial charge >= 0.3 is 0 Å². The molecule has 0 aromatic heterocycles. The summed E-state index contributed by atoms with van der Waals surface area (Å²) in [6.45, 7) is 1.70. The summed E-state index contributed by atoms with van der Waals surface area (Å²) in [5.74, 6) is 3.31. The summed E-state index contributed by atoms with van der Waals surface area (Å²) >= 11 is 0. The number of rotatable bonds is 10. The zero-order valence-electron chi connectivity index (χ0n) is 16.0. The minimum Gasteiger partial charge on any atom is -0.497 e. The van der Waals surface area contributed by atoms with Gasteiger partial charge in [-0.3, -0.25) is 0 Å². The maximum absolute atomic E-state index is 5.90. The lowest BCUT2D eigenvalue weighted by Crippen LogP contribution is -2.33. The molecular weight excluding hydrogens is 346 g/mol. The Labute approximate surface area is 160 Å². The molecule has 0 unspecified atom stereocenters. The Morgan fingerprint density at radius 2 is 1.74 bits per heavy atom. The molecule has 2 rings (SSSR count). The van der Waals surface area contributed by atoms with E-state index in [2.05, 4.69) is 10.3 Å². The smallest absolute Gasteiger partial charge is 0.188 e. The van der Waals surface area contributed by atoms with Gasteiger partial charge in [0.15, 0.2) is 17.5 Å². The van der Waals surface area contributed by atoms with Crippen LogP contribution in [0.2, 0.25) is 0 Å². The first kappa shape index (κ1) is 20.2. The molecule has 0 saturated heterocycles. The largest absolute Gasteiger partial charge is 0.497 e. The summed E-state index contributed by atoms with van der Waals surface area (Å²) in [7, 11) is 4.84. The fourth-order valence-electron chi connectivity index (χ4n) is 2.38. The Kier molecular flexibility index (Phi) is 8.09. The average molecular weight is 373 g/mol. The molecule has 3 N–H and O–H groups in total. The predicted octanol–water partition coefficient (Wildman–Crippen LogP) is 2.59. The maximum Gasteiger partial charge on any atom is 0.188 e. The van der Waals surface area contributed by atoms with E-state index in [1.165, 1.54) is 0 Å². The highest BCUT2D eigenvalue weighted by Gasteiger charge is 2.04. The van der Waals surface area contributed by atoms with Crippen LogP contribution in [0.5, 0.6) is 23.0 Å². The Morgan fingerprint density at radius 1 is 0.963 bits per heavy atom. The van der Waals surface area contributed by atoms with E-state index >= 15 is 0 Å². The molecule has 0 amide bonds. The zero-order chi connectivity index (χ0) is 19.5. The van der Waals surface area contributed by atoms with Crippen LogP contribution in [-0.4, -0.2) is 40.4 Å². The number of hydrogen-bond acceptors (Lipinski definition) is 5. The number of aliphatic imine (C=N–C) groups is 1. The lowest BCUT2D eigenvalue weighted by atomic mass is 10.2. The molecule has 7 nitrogen and oxygen atoms in total. The van der Waals surface area contributed by atoms with Gasteiger partial charge in [0.05, 0.1) is 34.5 Å². The Bertz CT molecular complexity index is 750. The molecule has 146 valence electrons. The van der Waals surface area contributed by atoms with Crippen LogP contribution in [0.1, 0.15) is 12.0 Å². The third-order valence-corrected chi connectivity index (χ3v) is 3.82. The van der Waals surface area contributed by atoms with E-state index in [4.69, 9.17) is 24.7 Å². The van der Waals surface area contributed by atoms with Crippen molar-refractivity contribution in [2.24, 2.45) is 10.7 Å². The highest BCUT2D eigenvalue weighted by atomic mass is 16.5. The van der Waals surface area contributed by atoms with Gasteiger partial charge < -0.3 is 30.0 Å². The van der Waals surface area contributed by atoms with E-state index < -0.39 is 0 Å². The fraction of sp³-hybridized carbons (Fsp3) is 0.350. The molecule has 0 heterocycles. The second kappa shape index (κ2) is 10.8. The molecule has 0 aliphatic heterocycles. The summed E-state index contributed by atoms with van der Waals surface area (Å²) in [6.07, 6.45) is 0.795. The van der Waals surface area contributed by atoms with Gasteiger partial charge in [-0.2, -0.15) is 0 Å². The van der Waals surface area contributed by atoms with Crippen molar-refractivity contribution in [1.82, 2.24) is 5.32 Å². The van der Waals surface area contributed by atoms with Gasteiger partial charge in [0.2, 0.25) is 0 Å². The van der Waals surface area contributed by atoms with Gasteiger partial charge in [0.1, 0.15) is 11.5 Å². The third kappa shape index (κ3) is 6.62. The first-order chi connectivity index (χ1) is 13.2. The average Bonchev–Trinajstić information content (AvgIpc) is 2.71. The SMILES string of the molecule is COc1cccc(OCCCNC(N)=NCc2ccc(OC)c(OC)c2)c1. The third-order valence-electron chi connectivity index (χ3n) is 3.82. The summed E-state index contributed by atoms with van der Waals surface area (Å²) in [5.41, 5.74) is 6.89. The van der Waals surface area contributed by atoms with E-state index in [1.54, 1.807) is 21.3 Å². The van der Waals surface area contributed by atoms with Crippen LogP contribution in [0.25, 0.3) is 0 Å². The molecule has 7 heteroatoms. The van der Waals surface area contributed by atoms with Crippen LogP contribution < -0.4 is 30.0 Å². The first-order valence-electron chi connectivity index (χ1n) is 8.67. The van der Waals surface area contributed by atoms with Crippen molar-refractivity contribution in [1.29, 1.82) is 0 Å². The molecule has 2 aromatic rings. The standard InChI is InChI=1S/C20H27N3O4/c1-24-16-6-4-7-17(13-16)27-11-5-10-22-20(21)23-14-15-8-9-18(25-2)19(12-15)26-3/h4,6-9,12-13H,5,10-11,14H2,1-3H3,(H3,21,22,23). The predicted molar refractivity (Wildman–Crippen MR) is 106 cm³/mol. The molecule has 0 spiro atoms. The van der Waals surface area contributed by atoms with Crippen LogP contribution in [-0.2, 0) is 6.54 Å². The van der Waals surface area contributed by atoms with Crippen LogP contribution >= 0.6 is 0 Å². The number of nitrogens with one attached hydrogen (secondary N) is 1. The molecular formula is C20H27N3O4. The number of methoxy groups -OCH3 is 3. The molecule has 0 fully saturated rings. The molecule has 2 aromatic carbocycles. The minimum atomic E-state index is 0.395. The van der Waals surface area contributed by atoms with Crippen molar-refractivity contribution in [3.63, 3.8) is 0 Å². The fourth-order valence-corrected chi connectivity index (χ4v) is 2.38. The maximum atomic E-state index is 5.90. The lowest BCUT2D eigenvalue weighted by molar-refractivity contribution is 0.308. The van der Waals surface area contributed by atoms with E-state index in [-0.39, 0.29) is 0 Å². The molecule has 0 bridgehead atoms. The number of benzene rings is 2. The second-order valence-corrected chi connectivity index (χ2v) is 5.70. The molecule has 0 radical (unpaired) electrons. The van der Waals surface area contributed by atoms with Gasteiger partial charge in [-0.15, -0.1) is 0 Å². The topological polar surface area (TPSA) is 87.3 Å². The number of ether oxygens (including phenoxy) is 4.